The molecule has 28 heavy (non-hydrogen) atoms. The third kappa shape index (κ3) is 4.63. The number of nitrogens with zero attached hydrogens (tertiary/aromatic N) is 2. The van der Waals surface area contributed by atoms with Gasteiger partial charge in [-0.1, -0.05) is 26.0 Å². The summed E-state index contributed by atoms with van der Waals surface area (Å²) in [6.07, 6.45) is 1.73. The lowest BCUT2D eigenvalue weighted by Gasteiger charge is -2.14. The van der Waals surface area contributed by atoms with Crippen molar-refractivity contribution >= 4 is 5.91 Å². The molecule has 0 spiro atoms. The molecule has 6 heteroatoms. The SMILES string of the molecule is CCn1nccc1CNC(=O)c1ccc(COc2cc(C)ccc2C(C)C)o1. The van der Waals surface area contributed by atoms with Crippen LogP contribution < -0.4 is 10.1 Å². The summed E-state index contributed by atoms with van der Waals surface area (Å²) in [5.74, 6) is 1.85. The largest absolute Gasteiger partial charge is 0.485 e. The first-order chi connectivity index (χ1) is 13.5. The Balaban J connectivity index is 1.60. The van der Waals surface area contributed by atoms with Gasteiger partial charge in [0.1, 0.15) is 18.1 Å². The van der Waals surface area contributed by atoms with Crippen LogP contribution in [0.2, 0.25) is 0 Å². The maximum Gasteiger partial charge on any atom is 0.287 e. The van der Waals surface area contributed by atoms with E-state index in [4.69, 9.17) is 9.15 Å². The van der Waals surface area contributed by atoms with E-state index in [0.29, 0.717) is 18.2 Å². The Morgan fingerprint density at radius 3 is 2.82 bits per heavy atom. The number of ether oxygens (including phenoxy) is 1. The third-order valence-electron chi connectivity index (χ3n) is 4.58. The summed E-state index contributed by atoms with van der Waals surface area (Å²) in [5.41, 5.74) is 3.25. The minimum Gasteiger partial charge on any atom is -0.485 e. The quantitative estimate of drug-likeness (QED) is 0.626. The highest BCUT2D eigenvalue weighted by Gasteiger charge is 2.14. The maximum absolute atomic E-state index is 12.3. The van der Waals surface area contributed by atoms with Crippen molar-refractivity contribution in [2.45, 2.75) is 53.3 Å². The van der Waals surface area contributed by atoms with Gasteiger partial charge in [-0.2, -0.15) is 5.10 Å². The zero-order valence-electron chi connectivity index (χ0n) is 16.9. The fourth-order valence-electron chi connectivity index (χ4n) is 3.02. The van der Waals surface area contributed by atoms with Crippen molar-refractivity contribution in [1.82, 2.24) is 15.1 Å². The van der Waals surface area contributed by atoms with E-state index in [1.54, 1.807) is 18.3 Å². The van der Waals surface area contributed by atoms with E-state index in [1.165, 1.54) is 0 Å². The first-order valence-corrected chi connectivity index (χ1v) is 9.59. The van der Waals surface area contributed by atoms with Crippen molar-refractivity contribution in [2.24, 2.45) is 0 Å². The highest BCUT2D eigenvalue weighted by molar-refractivity contribution is 5.91. The fraction of sp³-hybridized carbons (Fsp3) is 0.364. The van der Waals surface area contributed by atoms with Crippen LogP contribution in [0.25, 0.3) is 0 Å². The molecule has 3 aromatic rings. The number of aromatic nitrogens is 2. The molecule has 2 aromatic heterocycles. The molecule has 3 rings (SSSR count). The van der Waals surface area contributed by atoms with Gasteiger partial charge >= 0.3 is 0 Å². The van der Waals surface area contributed by atoms with Crippen molar-refractivity contribution in [3.8, 4) is 5.75 Å². The Kier molecular flexibility index (Phi) is 6.19. The predicted molar refractivity (Wildman–Crippen MR) is 107 cm³/mol. The summed E-state index contributed by atoms with van der Waals surface area (Å²) in [4.78, 5) is 12.3. The molecular formula is C22H27N3O3. The van der Waals surface area contributed by atoms with Crippen LogP contribution in [0.4, 0.5) is 0 Å². The van der Waals surface area contributed by atoms with E-state index >= 15 is 0 Å². The molecule has 1 N–H and O–H groups in total. The van der Waals surface area contributed by atoms with Crippen LogP contribution in [-0.4, -0.2) is 15.7 Å². The van der Waals surface area contributed by atoms with Crippen LogP contribution in [0.3, 0.4) is 0 Å². The van der Waals surface area contributed by atoms with Gasteiger partial charge in [0.2, 0.25) is 0 Å². The Morgan fingerprint density at radius 2 is 2.07 bits per heavy atom. The number of furan rings is 1. The average molecular weight is 381 g/mol. The van der Waals surface area contributed by atoms with Crippen molar-refractivity contribution in [3.63, 3.8) is 0 Å². The number of nitrogens with one attached hydrogen (secondary N) is 1. The fourth-order valence-corrected chi connectivity index (χ4v) is 3.02. The number of hydrogen-bond acceptors (Lipinski definition) is 4. The minimum absolute atomic E-state index is 0.256. The molecule has 1 amide bonds. The summed E-state index contributed by atoms with van der Waals surface area (Å²) < 4.78 is 13.5. The molecule has 2 heterocycles. The number of rotatable bonds is 8. The van der Waals surface area contributed by atoms with Crippen LogP contribution in [0, 0.1) is 6.92 Å². The summed E-state index contributed by atoms with van der Waals surface area (Å²) in [5, 5.41) is 7.05. The second-order valence-corrected chi connectivity index (χ2v) is 7.07. The van der Waals surface area contributed by atoms with Crippen molar-refractivity contribution < 1.29 is 13.9 Å². The minimum atomic E-state index is -0.256. The number of carbonyl (C=O) groups excluding carboxylic acids is 1. The van der Waals surface area contributed by atoms with Crippen molar-refractivity contribution in [2.75, 3.05) is 0 Å². The van der Waals surface area contributed by atoms with Gasteiger partial charge in [0, 0.05) is 12.7 Å². The van der Waals surface area contributed by atoms with E-state index < -0.39 is 0 Å². The van der Waals surface area contributed by atoms with Gasteiger partial charge in [-0.05, 0) is 55.2 Å². The van der Waals surface area contributed by atoms with Gasteiger partial charge < -0.3 is 14.5 Å². The molecule has 0 radical (unpaired) electrons. The average Bonchev–Trinajstić information content (AvgIpc) is 3.33. The van der Waals surface area contributed by atoms with Gasteiger partial charge in [-0.3, -0.25) is 9.48 Å². The van der Waals surface area contributed by atoms with E-state index in [1.807, 2.05) is 30.7 Å². The molecule has 0 saturated carbocycles. The Morgan fingerprint density at radius 1 is 1.25 bits per heavy atom. The second kappa shape index (κ2) is 8.78. The molecule has 0 saturated heterocycles. The summed E-state index contributed by atoms with van der Waals surface area (Å²) >= 11 is 0. The Bertz CT molecular complexity index is 940. The smallest absolute Gasteiger partial charge is 0.287 e. The van der Waals surface area contributed by atoms with Crippen LogP contribution in [0.5, 0.6) is 5.75 Å². The molecule has 0 bridgehead atoms. The van der Waals surface area contributed by atoms with Gasteiger partial charge in [-0.25, -0.2) is 0 Å². The molecule has 0 aliphatic carbocycles. The molecule has 148 valence electrons. The van der Waals surface area contributed by atoms with Gasteiger partial charge in [0.15, 0.2) is 5.76 Å². The van der Waals surface area contributed by atoms with Crippen LogP contribution in [0.15, 0.2) is 47.0 Å². The first kappa shape index (κ1) is 19.7. The lowest BCUT2D eigenvalue weighted by atomic mass is 10.0. The van der Waals surface area contributed by atoms with E-state index in [0.717, 1.165) is 29.1 Å². The molecular weight excluding hydrogens is 354 g/mol. The number of carbonyl (C=O) groups is 1. The van der Waals surface area contributed by atoms with Crippen LogP contribution in [0.1, 0.15) is 59.8 Å². The highest BCUT2D eigenvalue weighted by atomic mass is 16.5. The lowest BCUT2D eigenvalue weighted by molar-refractivity contribution is 0.0918. The zero-order chi connectivity index (χ0) is 20.1. The van der Waals surface area contributed by atoms with Crippen molar-refractivity contribution in [3.05, 3.63) is 70.9 Å². The molecule has 0 unspecified atom stereocenters. The van der Waals surface area contributed by atoms with Gasteiger partial charge in [-0.15, -0.1) is 0 Å². The van der Waals surface area contributed by atoms with Crippen LogP contribution in [-0.2, 0) is 19.7 Å². The molecule has 6 nitrogen and oxygen atoms in total. The summed E-state index contributed by atoms with van der Waals surface area (Å²) in [6, 6.07) is 11.5. The van der Waals surface area contributed by atoms with Gasteiger partial charge in [0.25, 0.3) is 5.91 Å². The normalized spacial score (nSPS) is 11.0. The molecule has 0 atom stereocenters. The number of hydrogen-bond donors (Lipinski definition) is 1. The number of benzene rings is 1. The lowest BCUT2D eigenvalue weighted by Crippen LogP contribution is -2.24. The summed E-state index contributed by atoms with van der Waals surface area (Å²) in [7, 11) is 0. The predicted octanol–water partition coefficient (Wildman–Crippen LogP) is 4.44. The Labute approximate surface area is 165 Å². The van der Waals surface area contributed by atoms with E-state index in [-0.39, 0.29) is 18.3 Å². The highest BCUT2D eigenvalue weighted by Crippen LogP contribution is 2.28. The monoisotopic (exact) mass is 381 g/mol. The number of amides is 1. The van der Waals surface area contributed by atoms with E-state index in [2.05, 4.69) is 36.4 Å². The molecule has 0 fully saturated rings. The molecule has 1 aromatic carbocycles. The van der Waals surface area contributed by atoms with Crippen molar-refractivity contribution in [1.29, 1.82) is 0 Å². The number of aryl methyl sites for hydroxylation is 2. The van der Waals surface area contributed by atoms with E-state index in [9.17, 15) is 4.79 Å². The summed E-state index contributed by atoms with van der Waals surface area (Å²) in [6.45, 7) is 9.76. The third-order valence-corrected chi connectivity index (χ3v) is 4.58. The zero-order valence-corrected chi connectivity index (χ0v) is 16.9. The topological polar surface area (TPSA) is 69.3 Å². The maximum atomic E-state index is 12.3. The Hall–Kier alpha value is -3.02. The van der Waals surface area contributed by atoms with Gasteiger partial charge in [0.05, 0.1) is 12.2 Å². The second-order valence-electron chi connectivity index (χ2n) is 7.07. The first-order valence-electron chi connectivity index (χ1n) is 9.59. The molecule has 0 aliphatic rings. The molecule has 0 aliphatic heterocycles. The standard InChI is InChI=1S/C22H27N3O3/c1-5-25-17(10-11-24-25)13-23-22(26)20-9-7-18(28-20)14-27-21-12-16(4)6-8-19(21)15(2)3/h6-12,15H,5,13-14H2,1-4H3,(H,23,26). The van der Waals surface area contributed by atoms with Crippen LogP contribution >= 0.6 is 0 Å².